The molecule has 1 aromatic rings. The van der Waals surface area contributed by atoms with E-state index in [4.69, 9.17) is 4.74 Å². The Morgan fingerprint density at radius 1 is 1.17 bits per heavy atom. The fourth-order valence-electron chi connectivity index (χ4n) is 2.44. The molecule has 124 valence electrons. The number of benzene rings is 1. The number of carbonyl (C=O) groups excluding carboxylic acids is 1. The summed E-state index contributed by atoms with van der Waals surface area (Å²) < 4.78 is 5.71. The van der Waals surface area contributed by atoms with Crippen molar-refractivity contribution in [3.63, 3.8) is 0 Å². The zero-order valence-corrected chi connectivity index (χ0v) is 20.8. The van der Waals surface area contributed by atoms with Gasteiger partial charge in [0.2, 0.25) is 0 Å². The Balaban J connectivity index is 0. The number of ether oxygens (including phenoxy) is 1. The van der Waals surface area contributed by atoms with Crippen LogP contribution in [0.3, 0.4) is 0 Å². The summed E-state index contributed by atoms with van der Waals surface area (Å²) in [6.45, 7) is 6.86. The first-order valence-corrected chi connectivity index (χ1v) is 8.08. The molecule has 2 rings (SSSR count). The third-order valence-corrected chi connectivity index (χ3v) is 3.62. The minimum absolute atomic E-state index is 0. The van der Waals surface area contributed by atoms with Crippen LogP contribution in [0.5, 0.6) is 5.75 Å². The van der Waals surface area contributed by atoms with Crippen LogP contribution in [0.25, 0.3) is 5.32 Å². The van der Waals surface area contributed by atoms with Crippen LogP contribution >= 0.6 is 0 Å². The first-order chi connectivity index (χ1) is 10.4. The zero-order valence-electron chi connectivity index (χ0n) is 14.7. The second kappa shape index (κ2) is 17.8. The number of hydrogen-bond donors (Lipinski definition) is 0. The molecule has 0 aromatic heterocycles. The standard InChI is InChI=1S/C16H21NO2.C2H6.K.W/c18-12-9-15-3-5-16(6-4-15)19-13-1-2-14-7-10-17-11-8-14;1-2;;/h3-6,14H,1-2,7-11,13H2;1-2H3;;/q-2;;+1;. The molecule has 5 heteroatoms. The van der Waals surface area contributed by atoms with Crippen LogP contribution in [0.4, 0.5) is 0 Å². The third kappa shape index (κ3) is 12.0. The van der Waals surface area contributed by atoms with E-state index in [1.54, 1.807) is 0 Å². The Hall–Kier alpha value is 0.975. The van der Waals surface area contributed by atoms with E-state index in [0.29, 0.717) is 6.42 Å². The van der Waals surface area contributed by atoms with Gasteiger partial charge in [-0.3, -0.25) is 6.29 Å². The van der Waals surface area contributed by atoms with Crippen molar-refractivity contribution in [2.45, 2.75) is 46.0 Å². The SMILES string of the molecule is CC.O=[C-]Cc1ccc(OCCCC2CC[N-]CC2)cc1.[K+].[W]. The largest absolute Gasteiger partial charge is 1.00 e. The normalized spacial score (nSPS) is 13.7. The molecule has 1 aliphatic heterocycles. The van der Waals surface area contributed by atoms with Gasteiger partial charge in [0.15, 0.2) is 0 Å². The van der Waals surface area contributed by atoms with E-state index >= 15 is 0 Å². The van der Waals surface area contributed by atoms with E-state index in [-0.39, 0.29) is 72.4 Å². The molecule has 0 radical (unpaired) electrons. The Kier molecular flexibility index (Phi) is 20.3. The van der Waals surface area contributed by atoms with Crippen molar-refractivity contribution >= 4 is 6.29 Å². The topological polar surface area (TPSA) is 40.4 Å². The number of rotatable bonds is 7. The van der Waals surface area contributed by atoms with Crippen molar-refractivity contribution in [3.8, 4) is 5.75 Å². The second-order valence-electron chi connectivity index (χ2n) is 5.07. The first-order valence-electron chi connectivity index (χ1n) is 8.08. The summed E-state index contributed by atoms with van der Waals surface area (Å²) in [4.78, 5) is 10.3. The molecule has 1 saturated heterocycles. The van der Waals surface area contributed by atoms with Crippen molar-refractivity contribution in [2.24, 2.45) is 5.92 Å². The molecule has 0 spiro atoms. The van der Waals surface area contributed by atoms with Gasteiger partial charge in [0.1, 0.15) is 5.75 Å². The van der Waals surface area contributed by atoms with Crippen molar-refractivity contribution in [1.29, 1.82) is 0 Å². The molecule has 1 heterocycles. The smallest absolute Gasteiger partial charge is 0.662 e. The average molecular weight is 512 g/mol. The molecule has 1 fully saturated rings. The van der Waals surface area contributed by atoms with Gasteiger partial charge >= 0.3 is 51.4 Å². The summed E-state index contributed by atoms with van der Waals surface area (Å²) in [6.07, 6.45) is 7.09. The predicted octanol–water partition coefficient (Wildman–Crippen LogP) is 1.31. The van der Waals surface area contributed by atoms with Gasteiger partial charge in [0.05, 0.1) is 6.61 Å². The Labute approximate surface area is 198 Å². The third-order valence-electron chi connectivity index (χ3n) is 3.62. The maximum Gasteiger partial charge on any atom is 1.00 e. The number of nitrogens with zero attached hydrogens (tertiary/aromatic N) is 1. The van der Waals surface area contributed by atoms with E-state index in [1.165, 1.54) is 19.3 Å². The molecular weight excluding hydrogens is 485 g/mol. The fourth-order valence-corrected chi connectivity index (χ4v) is 2.44. The Morgan fingerprint density at radius 2 is 1.78 bits per heavy atom. The molecule has 0 saturated carbocycles. The molecule has 0 amide bonds. The molecule has 1 aromatic carbocycles. The van der Waals surface area contributed by atoms with Gasteiger partial charge in [-0.2, -0.15) is 0 Å². The molecule has 1 aliphatic rings. The van der Waals surface area contributed by atoms with E-state index < -0.39 is 0 Å². The van der Waals surface area contributed by atoms with Crippen molar-refractivity contribution in [3.05, 3.63) is 35.1 Å². The summed E-state index contributed by atoms with van der Waals surface area (Å²) in [7, 11) is 0. The van der Waals surface area contributed by atoms with Crippen LogP contribution in [-0.4, -0.2) is 26.0 Å². The van der Waals surface area contributed by atoms with Crippen molar-refractivity contribution in [2.75, 3.05) is 19.7 Å². The summed E-state index contributed by atoms with van der Waals surface area (Å²) in [5.41, 5.74) is 0.980. The second-order valence-corrected chi connectivity index (χ2v) is 5.07. The summed E-state index contributed by atoms with van der Waals surface area (Å²) in [5.74, 6) is 1.72. The molecule has 0 aliphatic carbocycles. The monoisotopic (exact) mass is 512 g/mol. The van der Waals surface area contributed by atoms with Crippen LogP contribution < -0.4 is 56.1 Å². The number of hydrogen-bond acceptors (Lipinski definition) is 2. The maximum absolute atomic E-state index is 10.3. The number of piperidine rings is 1. The predicted molar refractivity (Wildman–Crippen MR) is 87.7 cm³/mol. The zero-order chi connectivity index (χ0) is 15.3. The maximum atomic E-state index is 10.3. The summed E-state index contributed by atoms with van der Waals surface area (Å²) in [6, 6.07) is 7.68. The minimum Gasteiger partial charge on any atom is -0.662 e. The molecule has 3 nitrogen and oxygen atoms in total. The van der Waals surface area contributed by atoms with Crippen molar-refractivity contribution in [1.82, 2.24) is 0 Å². The van der Waals surface area contributed by atoms with Crippen LogP contribution in [0.2, 0.25) is 0 Å². The van der Waals surface area contributed by atoms with Gasteiger partial charge in [-0.25, -0.2) is 0 Å². The van der Waals surface area contributed by atoms with E-state index in [0.717, 1.165) is 43.3 Å². The molecule has 0 N–H and O–H groups in total. The molecule has 0 atom stereocenters. The van der Waals surface area contributed by atoms with Gasteiger partial charge in [0.25, 0.3) is 0 Å². The van der Waals surface area contributed by atoms with Gasteiger partial charge < -0.3 is 14.8 Å². The first kappa shape index (κ1) is 26.2. The Bertz CT molecular complexity index is 381. The van der Waals surface area contributed by atoms with Gasteiger partial charge in [-0.15, -0.1) is 19.5 Å². The van der Waals surface area contributed by atoms with E-state index in [1.807, 2.05) is 44.4 Å². The fraction of sp³-hybridized carbons (Fsp3) is 0.611. The average Bonchev–Trinajstić information content (AvgIpc) is 2.56. The van der Waals surface area contributed by atoms with E-state index in [2.05, 4.69) is 5.32 Å². The van der Waals surface area contributed by atoms with Crippen LogP contribution in [-0.2, 0) is 32.3 Å². The summed E-state index contributed by atoms with van der Waals surface area (Å²) in [5, 5.41) is 4.37. The van der Waals surface area contributed by atoms with Crippen LogP contribution in [0.1, 0.15) is 45.1 Å². The Morgan fingerprint density at radius 3 is 2.35 bits per heavy atom. The van der Waals surface area contributed by atoms with Gasteiger partial charge in [0, 0.05) is 21.1 Å². The summed E-state index contributed by atoms with van der Waals surface area (Å²) >= 11 is 0. The van der Waals surface area contributed by atoms with Crippen LogP contribution in [0.15, 0.2) is 24.3 Å². The van der Waals surface area contributed by atoms with Gasteiger partial charge in [-0.05, 0) is 30.9 Å². The quantitative estimate of drug-likeness (QED) is 0.314. The van der Waals surface area contributed by atoms with Gasteiger partial charge in [-0.1, -0.05) is 44.4 Å². The van der Waals surface area contributed by atoms with E-state index in [9.17, 15) is 4.79 Å². The van der Waals surface area contributed by atoms with Crippen LogP contribution in [0, 0.1) is 5.92 Å². The molecular formula is C18H27KNO2W-. The molecule has 0 bridgehead atoms. The molecule has 23 heavy (non-hydrogen) atoms. The minimum atomic E-state index is 0. The van der Waals surface area contributed by atoms with Crippen molar-refractivity contribution < 1.29 is 82.0 Å². The molecule has 0 unspecified atom stereocenters.